The minimum absolute atomic E-state index is 0.0290. The predicted octanol–water partition coefficient (Wildman–Crippen LogP) is 6.66. The third-order valence-corrected chi connectivity index (χ3v) is 8.82. The Labute approximate surface area is 279 Å². The van der Waals surface area contributed by atoms with Gasteiger partial charge in [0.15, 0.2) is 11.5 Å². The highest BCUT2D eigenvalue weighted by molar-refractivity contribution is 6.31. The van der Waals surface area contributed by atoms with E-state index >= 15 is 0 Å². The molecule has 4 aromatic rings. The van der Waals surface area contributed by atoms with E-state index in [0.717, 1.165) is 6.07 Å². The SMILES string of the molecule is CCOC(=O)Cc1ccc(OC2CCN(CC(O)(c3cn(Cc4ccccc4Cl)c4cc([N+](=O)[O-])ccc34)C(F)(F)F)CC2)c(OC)c1. The van der Waals surface area contributed by atoms with Crippen molar-refractivity contribution < 1.29 is 42.2 Å². The lowest BCUT2D eigenvalue weighted by molar-refractivity contribution is -0.384. The van der Waals surface area contributed by atoms with Crippen LogP contribution in [-0.2, 0) is 28.1 Å². The summed E-state index contributed by atoms with van der Waals surface area (Å²) in [5.41, 5.74) is -2.55. The standard InChI is InChI=1S/C34H35ClF3N3O7/c1-3-47-32(42)17-22-8-11-30(31(16-22)46-2)48-25-12-14-39(15-13-25)21-33(43,34(36,37)38)27-20-40(19-23-6-4-5-7-28(23)35)29-18-24(41(44)45)9-10-26(27)29/h4-11,16,18,20,25,43H,3,12-15,17,19,21H2,1-2H3. The van der Waals surface area contributed by atoms with Crippen molar-refractivity contribution in [2.45, 2.75) is 50.6 Å². The number of methoxy groups -OCH3 is 1. The number of nitro benzene ring substituents is 1. The van der Waals surface area contributed by atoms with Crippen molar-refractivity contribution >= 4 is 34.2 Å². The van der Waals surface area contributed by atoms with Gasteiger partial charge in [-0.3, -0.25) is 19.8 Å². The van der Waals surface area contributed by atoms with Gasteiger partial charge >= 0.3 is 12.1 Å². The summed E-state index contributed by atoms with van der Waals surface area (Å²) >= 11 is 6.33. The van der Waals surface area contributed by atoms with E-state index in [9.17, 15) is 33.2 Å². The number of hydrogen-bond acceptors (Lipinski definition) is 8. The molecule has 1 unspecified atom stereocenters. The normalized spacial score (nSPS) is 15.6. The van der Waals surface area contributed by atoms with Crippen LogP contribution in [0.3, 0.4) is 0 Å². The van der Waals surface area contributed by atoms with Crippen molar-refractivity contribution in [1.82, 2.24) is 9.47 Å². The molecule has 1 aliphatic heterocycles. The summed E-state index contributed by atoms with van der Waals surface area (Å²) in [4.78, 5) is 24.3. The molecule has 5 rings (SSSR count). The molecule has 1 saturated heterocycles. The number of aromatic nitrogens is 1. The molecule has 1 aromatic heterocycles. The van der Waals surface area contributed by atoms with Crippen LogP contribution < -0.4 is 9.47 Å². The van der Waals surface area contributed by atoms with Crippen molar-refractivity contribution in [3.05, 3.63) is 98.7 Å². The van der Waals surface area contributed by atoms with E-state index in [4.69, 9.17) is 25.8 Å². The van der Waals surface area contributed by atoms with Crippen LogP contribution in [0.25, 0.3) is 10.9 Å². The second-order valence-corrected chi connectivity index (χ2v) is 12.0. The first-order valence-corrected chi connectivity index (χ1v) is 15.7. The Morgan fingerprint density at radius 1 is 1.08 bits per heavy atom. The monoisotopic (exact) mass is 689 g/mol. The highest BCUT2D eigenvalue weighted by atomic mass is 35.5. The summed E-state index contributed by atoms with van der Waals surface area (Å²) in [5.74, 6) is 0.487. The fourth-order valence-corrected chi connectivity index (χ4v) is 6.17. The molecule has 2 heterocycles. The third-order valence-electron chi connectivity index (χ3n) is 8.45. The molecule has 0 bridgehead atoms. The molecule has 1 aliphatic rings. The molecule has 0 saturated carbocycles. The van der Waals surface area contributed by atoms with Gasteiger partial charge in [-0.15, -0.1) is 0 Å². The van der Waals surface area contributed by atoms with Crippen LogP contribution in [0.1, 0.15) is 36.5 Å². The first-order chi connectivity index (χ1) is 22.8. The number of carbonyl (C=O) groups is 1. The largest absolute Gasteiger partial charge is 0.493 e. The highest BCUT2D eigenvalue weighted by Gasteiger charge is 2.57. The molecule has 48 heavy (non-hydrogen) atoms. The number of esters is 1. The quantitative estimate of drug-likeness (QED) is 0.0998. The molecule has 0 aliphatic carbocycles. The molecule has 3 aromatic carbocycles. The number of piperidine rings is 1. The summed E-state index contributed by atoms with van der Waals surface area (Å²) < 4.78 is 62.7. The predicted molar refractivity (Wildman–Crippen MR) is 173 cm³/mol. The summed E-state index contributed by atoms with van der Waals surface area (Å²) in [5, 5.41) is 23.5. The first kappa shape index (κ1) is 35.0. The number of halogens is 4. The maximum atomic E-state index is 14.9. The van der Waals surface area contributed by atoms with Crippen LogP contribution in [0.15, 0.2) is 66.9 Å². The van der Waals surface area contributed by atoms with Gasteiger partial charge in [0.2, 0.25) is 5.60 Å². The van der Waals surface area contributed by atoms with Crippen LogP contribution in [0.5, 0.6) is 11.5 Å². The zero-order chi connectivity index (χ0) is 34.6. The zero-order valence-electron chi connectivity index (χ0n) is 26.3. The number of nitro groups is 1. The number of aliphatic hydroxyl groups is 1. The summed E-state index contributed by atoms with van der Waals surface area (Å²) in [6, 6.07) is 15.5. The second kappa shape index (κ2) is 14.4. The van der Waals surface area contributed by atoms with E-state index in [1.54, 1.807) is 49.4 Å². The molecule has 1 N–H and O–H groups in total. The molecule has 256 valence electrons. The Hall–Kier alpha value is -4.33. The minimum atomic E-state index is -5.08. The lowest BCUT2D eigenvalue weighted by Gasteiger charge is -2.39. The molecule has 0 spiro atoms. The molecule has 1 atom stereocenters. The maximum Gasteiger partial charge on any atom is 0.422 e. The number of benzene rings is 3. The number of hydrogen-bond donors (Lipinski definition) is 1. The van der Waals surface area contributed by atoms with Crippen molar-refractivity contribution in [2.24, 2.45) is 0 Å². The molecule has 0 amide bonds. The summed E-state index contributed by atoms with van der Waals surface area (Å²) in [6.07, 6.45) is -3.38. The zero-order valence-corrected chi connectivity index (χ0v) is 27.1. The summed E-state index contributed by atoms with van der Waals surface area (Å²) in [7, 11) is 1.47. The van der Waals surface area contributed by atoms with E-state index in [0.29, 0.717) is 40.5 Å². The Bertz CT molecular complexity index is 1790. The van der Waals surface area contributed by atoms with Crippen LogP contribution in [0.4, 0.5) is 18.9 Å². The number of β-amino-alcohol motifs (C(OH)–C–C–N with tert-alkyl or cyclic N) is 1. The van der Waals surface area contributed by atoms with Gasteiger partial charge in [0.25, 0.3) is 5.69 Å². The van der Waals surface area contributed by atoms with Crippen LogP contribution in [-0.4, -0.2) is 71.1 Å². The van der Waals surface area contributed by atoms with Gasteiger partial charge in [0.1, 0.15) is 6.10 Å². The minimum Gasteiger partial charge on any atom is -0.493 e. The Kier molecular flexibility index (Phi) is 10.5. The molecule has 0 radical (unpaired) electrons. The molecular formula is C34H35ClF3N3O7. The van der Waals surface area contributed by atoms with Crippen molar-refractivity contribution in [1.29, 1.82) is 0 Å². The lowest BCUT2D eigenvalue weighted by atomic mass is 9.91. The maximum absolute atomic E-state index is 14.9. The van der Waals surface area contributed by atoms with Gasteiger partial charge in [-0.1, -0.05) is 35.9 Å². The number of alkyl halides is 3. The van der Waals surface area contributed by atoms with E-state index in [2.05, 4.69) is 0 Å². The van der Waals surface area contributed by atoms with Gasteiger partial charge in [-0.2, -0.15) is 13.2 Å². The van der Waals surface area contributed by atoms with Gasteiger partial charge < -0.3 is 23.9 Å². The number of fused-ring (bicyclic) bond motifs is 1. The number of nitrogens with zero attached hydrogens (tertiary/aromatic N) is 3. The number of likely N-dealkylation sites (tertiary alicyclic amines) is 1. The van der Waals surface area contributed by atoms with E-state index in [-0.39, 0.29) is 61.3 Å². The Balaban J connectivity index is 1.36. The number of non-ortho nitro benzene ring substituents is 1. The molecule has 10 nitrogen and oxygen atoms in total. The molecular weight excluding hydrogens is 655 g/mol. The van der Waals surface area contributed by atoms with Crippen molar-refractivity contribution in [2.75, 3.05) is 33.4 Å². The number of rotatable bonds is 12. The van der Waals surface area contributed by atoms with E-state index in [1.165, 1.54) is 34.9 Å². The van der Waals surface area contributed by atoms with E-state index in [1.807, 2.05) is 0 Å². The van der Waals surface area contributed by atoms with Gasteiger partial charge in [0, 0.05) is 60.5 Å². The van der Waals surface area contributed by atoms with Crippen molar-refractivity contribution in [3.8, 4) is 11.5 Å². The first-order valence-electron chi connectivity index (χ1n) is 15.3. The average molecular weight is 690 g/mol. The van der Waals surface area contributed by atoms with Crippen LogP contribution >= 0.6 is 11.6 Å². The highest BCUT2D eigenvalue weighted by Crippen LogP contribution is 2.44. The van der Waals surface area contributed by atoms with E-state index < -0.39 is 28.8 Å². The topological polar surface area (TPSA) is 116 Å². The molecule has 1 fully saturated rings. The average Bonchev–Trinajstić information content (AvgIpc) is 3.41. The fraction of sp³-hybridized carbons (Fsp3) is 0.382. The van der Waals surface area contributed by atoms with Crippen LogP contribution in [0, 0.1) is 10.1 Å². The lowest BCUT2D eigenvalue weighted by Crippen LogP contribution is -2.53. The Morgan fingerprint density at radius 3 is 2.46 bits per heavy atom. The molecule has 14 heteroatoms. The second-order valence-electron chi connectivity index (χ2n) is 11.6. The third kappa shape index (κ3) is 7.53. The fourth-order valence-electron chi connectivity index (χ4n) is 5.98. The van der Waals surface area contributed by atoms with Gasteiger partial charge in [-0.05, 0) is 55.2 Å². The number of ether oxygens (including phenoxy) is 3. The summed E-state index contributed by atoms with van der Waals surface area (Å²) in [6.45, 7) is 1.68. The smallest absolute Gasteiger partial charge is 0.422 e. The Morgan fingerprint density at radius 2 is 1.81 bits per heavy atom. The van der Waals surface area contributed by atoms with Gasteiger partial charge in [-0.25, -0.2) is 0 Å². The van der Waals surface area contributed by atoms with Crippen LogP contribution in [0.2, 0.25) is 5.02 Å². The number of carbonyl (C=O) groups excluding carboxylic acids is 1. The van der Waals surface area contributed by atoms with Gasteiger partial charge in [0.05, 0.1) is 30.6 Å². The van der Waals surface area contributed by atoms with Crippen molar-refractivity contribution in [3.63, 3.8) is 0 Å².